The molecule has 0 amide bonds. The van der Waals surface area contributed by atoms with E-state index in [0.717, 1.165) is 56.3 Å². The molecule has 2 aliphatic carbocycles. The molecule has 0 aromatic heterocycles. The van der Waals surface area contributed by atoms with Gasteiger partial charge in [-0.3, -0.25) is 0 Å². The highest BCUT2D eigenvalue weighted by Crippen LogP contribution is 2.44. The van der Waals surface area contributed by atoms with Crippen LogP contribution in [0.3, 0.4) is 0 Å². The fourth-order valence-corrected chi connectivity index (χ4v) is 5.70. The third-order valence-electron chi connectivity index (χ3n) is 7.43. The van der Waals surface area contributed by atoms with Crippen molar-refractivity contribution in [2.45, 2.75) is 90.3 Å². The zero-order valence-electron chi connectivity index (χ0n) is 17.0. The molecule has 0 unspecified atom stereocenters. The molecule has 0 radical (unpaired) electrons. The molecule has 156 valence electrons. The van der Waals surface area contributed by atoms with Crippen LogP contribution in [0.5, 0.6) is 0 Å². The van der Waals surface area contributed by atoms with E-state index in [-0.39, 0.29) is 6.29 Å². The predicted molar refractivity (Wildman–Crippen MR) is 105 cm³/mol. The van der Waals surface area contributed by atoms with Gasteiger partial charge in [0.05, 0.1) is 13.2 Å². The van der Waals surface area contributed by atoms with Crippen molar-refractivity contribution in [3.63, 3.8) is 0 Å². The summed E-state index contributed by atoms with van der Waals surface area (Å²) in [7, 11) is 0. The van der Waals surface area contributed by atoms with Gasteiger partial charge in [0.1, 0.15) is 0 Å². The molecule has 2 saturated carbocycles. The normalized spacial score (nSPS) is 37.7. The highest BCUT2D eigenvalue weighted by molar-refractivity contribution is 4.86. The Morgan fingerprint density at radius 2 is 1.30 bits per heavy atom. The third kappa shape index (κ3) is 6.52. The second kappa shape index (κ2) is 10.9. The molecule has 1 aliphatic heterocycles. The lowest BCUT2D eigenvalue weighted by Gasteiger charge is -2.41. The molecule has 0 bridgehead atoms. The molecule has 0 aromatic rings. The molecule has 3 fully saturated rings. The van der Waals surface area contributed by atoms with Crippen molar-refractivity contribution >= 4 is 0 Å². The number of hydrogen-bond acceptors (Lipinski definition) is 2. The predicted octanol–water partition coefficient (Wildman–Crippen LogP) is 6.95. The number of ether oxygens (including phenoxy) is 2. The first-order valence-electron chi connectivity index (χ1n) is 11.4. The fraction of sp³-hybridized carbons (Fsp3) is 0.913. The summed E-state index contributed by atoms with van der Waals surface area (Å²) in [5.74, 6) is 3.81. The Hall–Kier alpha value is -0.480. The quantitative estimate of drug-likeness (QED) is 0.473. The topological polar surface area (TPSA) is 18.5 Å². The molecule has 0 atom stereocenters. The summed E-state index contributed by atoms with van der Waals surface area (Å²) in [6.45, 7) is 3.95. The van der Waals surface area contributed by atoms with E-state index < -0.39 is 6.08 Å². The summed E-state index contributed by atoms with van der Waals surface area (Å²) < 4.78 is 36.1. The maximum Gasteiger partial charge on any atom is 0.266 e. The monoisotopic (exact) mass is 384 g/mol. The van der Waals surface area contributed by atoms with Gasteiger partial charge < -0.3 is 9.47 Å². The first-order valence-corrected chi connectivity index (χ1v) is 11.4. The van der Waals surface area contributed by atoms with E-state index in [1.54, 1.807) is 0 Å². The first-order chi connectivity index (χ1) is 13.2. The average Bonchev–Trinajstić information content (AvgIpc) is 2.69. The molecule has 3 aliphatic rings. The lowest BCUT2D eigenvalue weighted by atomic mass is 9.67. The van der Waals surface area contributed by atoms with Crippen LogP contribution in [0.4, 0.5) is 8.78 Å². The smallest absolute Gasteiger partial charge is 0.266 e. The highest BCUT2D eigenvalue weighted by Gasteiger charge is 2.35. The van der Waals surface area contributed by atoms with Crippen LogP contribution in [-0.4, -0.2) is 19.5 Å². The molecule has 3 rings (SSSR count). The van der Waals surface area contributed by atoms with Gasteiger partial charge in [-0.05, 0) is 87.5 Å². The molecule has 4 heteroatoms. The van der Waals surface area contributed by atoms with Crippen molar-refractivity contribution in [2.75, 3.05) is 13.2 Å². The van der Waals surface area contributed by atoms with Crippen LogP contribution >= 0.6 is 0 Å². The zero-order chi connectivity index (χ0) is 19.1. The molecule has 2 nitrogen and oxygen atoms in total. The van der Waals surface area contributed by atoms with Crippen molar-refractivity contribution in [1.29, 1.82) is 0 Å². The minimum Gasteiger partial charge on any atom is -0.352 e. The van der Waals surface area contributed by atoms with E-state index in [9.17, 15) is 8.78 Å². The molecule has 27 heavy (non-hydrogen) atoms. The van der Waals surface area contributed by atoms with Crippen molar-refractivity contribution in [3.05, 3.63) is 12.2 Å². The first kappa shape index (κ1) is 21.2. The lowest BCUT2D eigenvalue weighted by Crippen LogP contribution is -2.38. The van der Waals surface area contributed by atoms with Crippen LogP contribution in [-0.2, 0) is 9.47 Å². The largest absolute Gasteiger partial charge is 0.352 e. The molecule has 0 N–H and O–H groups in total. The van der Waals surface area contributed by atoms with Crippen LogP contribution in [0.15, 0.2) is 12.2 Å². The van der Waals surface area contributed by atoms with Gasteiger partial charge in [-0.1, -0.05) is 26.2 Å². The van der Waals surface area contributed by atoms with Gasteiger partial charge in [0, 0.05) is 5.92 Å². The van der Waals surface area contributed by atoms with E-state index in [2.05, 4.69) is 6.92 Å². The number of allylic oxidation sites excluding steroid dienone is 1. The Balaban J connectivity index is 1.32. The van der Waals surface area contributed by atoms with E-state index in [1.165, 1.54) is 51.4 Å². The maximum atomic E-state index is 12.2. The Kier molecular flexibility index (Phi) is 8.57. The van der Waals surface area contributed by atoms with E-state index in [1.807, 2.05) is 0 Å². The van der Waals surface area contributed by atoms with E-state index >= 15 is 0 Å². The van der Waals surface area contributed by atoms with Gasteiger partial charge in [-0.25, -0.2) is 0 Å². The SMILES string of the molecule is CCCC1OCC(C2CCC(C3CCC(CCC=C(F)F)CC3)CC2)CO1. The summed E-state index contributed by atoms with van der Waals surface area (Å²) in [4.78, 5) is 0. The summed E-state index contributed by atoms with van der Waals surface area (Å²) in [5, 5.41) is 0. The van der Waals surface area contributed by atoms with E-state index in [0.29, 0.717) is 18.3 Å². The van der Waals surface area contributed by atoms with Crippen LogP contribution in [0, 0.1) is 29.6 Å². The Morgan fingerprint density at radius 3 is 1.81 bits per heavy atom. The van der Waals surface area contributed by atoms with Gasteiger partial charge >= 0.3 is 0 Å². The Labute approximate surface area is 164 Å². The van der Waals surface area contributed by atoms with Crippen molar-refractivity contribution in [2.24, 2.45) is 29.6 Å². The van der Waals surface area contributed by atoms with Gasteiger partial charge in [0.25, 0.3) is 6.08 Å². The molecular weight excluding hydrogens is 346 g/mol. The minimum atomic E-state index is -1.52. The number of halogens is 2. The van der Waals surface area contributed by atoms with Gasteiger partial charge in [0.15, 0.2) is 6.29 Å². The summed E-state index contributed by atoms with van der Waals surface area (Å²) in [5.41, 5.74) is 0. The van der Waals surface area contributed by atoms with Crippen molar-refractivity contribution in [3.8, 4) is 0 Å². The summed E-state index contributed by atoms with van der Waals surface area (Å²) >= 11 is 0. The summed E-state index contributed by atoms with van der Waals surface area (Å²) in [6, 6.07) is 0. The van der Waals surface area contributed by atoms with Crippen LogP contribution in [0.25, 0.3) is 0 Å². The van der Waals surface area contributed by atoms with Gasteiger partial charge in [-0.2, -0.15) is 8.78 Å². The number of rotatable bonds is 7. The number of hydrogen-bond donors (Lipinski definition) is 0. The van der Waals surface area contributed by atoms with Crippen molar-refractivity contribution < 1.29 is 18.3 Å². The highest BCUT2D eigenvalue weighted by atomic mass is 19.3. The van der Waals surface area contributed by atoms with E-state index in [4.69, 9.17) is 9.47 Å². The van der Waals surface area contributed by atoms with Crippen molar-refractivity contribution in [1.82, 2.24) is 0 Å². The van der Waals surface area contributed by atoms with Gasteiger partial charge in [-0.15, -0.1) is 0 Å². The lowest BCUT2D eigenvalue weighted by molar-refractivity contribution is -0.212. The maximum absolute atomic E-state index is 12.2. The fourth-order valence-electron chi connectivity index (χ4n) is 5.70. The third-order valence-corrected chi connectivity index (χ3v) is 7.43. The molecule has 1 heterocycles. The average molecular weight is 385 g/mol. The molecule has 0 aromatic carbocycles. The molecule has 0 spiro atoms. The Morgan fingerprint density at radius 1 is 0.778 bits per heavy atom. The van der Waals surface area contributed by atoms with Crippen LogP contribution < -0.4 is 0 Å². The molecular formula is C23H38F2O2. The second-order valence-corrected chi connectivity index (χ2v) is 9.17. The summed E-state index contributed by atoms with van der Waals surface area (Å²) in [6.07, 6.45) is 13.8. The Bertz CT molecular complexity index is 439. The van der Waals surface area contributed by atoms with Crippen LogP contribution in [0.1, 0.15) is 84.0 Å². The minimum absolute atomic E-state index is 0.0367. The van der Waals surface area contributed by atoms with Gasteiger partial charge in [0.2, 0.25) is 0 Å². The van der Waals surface area contributed by atoms with Crippen LogP contribution in [0.2, 0.25) is 0 Å². The standard InChI is InChI=1S/C23H38F2O2/c1-2-4-23-26-15-21(16-27-23)20-13-11-19(12-14-20)18-9-7-17(8-10-18)5-3-6-22(24)25/h6,17-21,23H,2-5,7-16H2,1H3. The zero-order valence-corrected chi connectivity index (χ0v) is 17.0. The molecule has 1 saturated heterocycles. The second-order valence-electron chi connectivity index (χ2n) is 9.17.